The van der Waals surface area contributed by atoms with Crippen molar-refractivity contribution in [2.45, 2.75) is 26.8 Å². The van der Waals surface area contributed by atoms with Crippen LogP contribution in [-0.4, -0.2) is 47.0 Å². The summed E-state index contributed by atoms with van der Waals surface area (Å²) in [6, 6.07) is 7.71. The predicted octanol–water partition coefficient (Wildman–Crippen LogP) is 4.70. The molecule has 4 rings (SSSR count). The molecular weight excluding hydrogens is 462 g/mol. The van der Waals surface area contributed by atoms with E-state index in [-0.39, 0.29) is 0 Å². The van der Waals surface area contributed by atoms with Gasteiger partial charge in [0.25, 0.3) is 0 Å². The van der Waals surface area contributed by atoms with Crippen LogP contribution in [0.2, 0.25) is 0 Å². The third kappa shape index (κ3) is 5.15. The molecule has 0 spiro atoms. The Morgan fingerprint density at radius 1 is 1.16 bits per heavy atom. The molecule has 1 N–H and O–H groups in total. The lowest BCUT2D eigenvalue weighted by Crippen LogP contribution is -2.31. The molecule has 0 atom stereocenters. The van der Waals surface area contributed by atoms with Crippen LogP contribution in [0.25, 0.3) is 20.9 Å². The molecule has 168 valence electrons. The van der Waals surface area contributed by atoms with Crippen molar-refractivity contribution in [3.63, 3.8) is 0 Å². The highest BCUT2D eigenvalue weighted by Crippen LogP contribution is 2.35. The second-order valence-electron chi connectivity index (χ2n) is 7.57. The number of aromatic nitrogens is 3. The number of rotatable bonds is 9. The maximum absolute atomic E-state index is 12.3. The minimum atomic E-state index is -3.33. The number of pyridine rings is 1. The molecule has 0 saturated carbocycles. The number of fused-ring (bicyclic) bond motifs is 1. The van der Waals surface area contributed by atoms with E-state index in [1.54, 1.807) is 35.1 Å². The number of thiophene rings is 2. The summed E-state index contributed by atoms with van der Waals surface area (Å²) in [6.45, 7) is 5.51. The van der Waals surface area contributed by atoms with Crippen LogP contribution in [0.15, 0.2) is 42.0 Å². The lowest BCUT2D eigenvalue weighted by molar-refractivity contribution is 0.406. The van der Waals surface area contributed by atoms with Crippen LogP contribution in [0, 0.1) is 13.8 Å². The molecule has 0 aliphatic rings. The van der Waals surface area contributed by atoms with Gasteiger partial charge in [0.05, 0.1) is 16.5 Å². The van der Waals surface area contributed by atoms with E-state index in [0.29, 0.717) is 31.9 Å². The third-order valence-electron chi connectivity index (χ3n) is 5.20. The van der Waals surface area contributed by atoms with Gasteiger partial charge in [0.15, 0.2) is 5.82 Å². The Morgan fingerprint density at radius 3 is 2.69 bits per heavy atom. The quantitative estimate of drug-likeness (QED) is 0.345. The van der Waals surface area contributed by atoms with Crippen LogP contribution < -0.4 is 5.32 Å². The molecule has 4 heterocycles. The fraction of sp³-hybridized carbons (Fsp3) is 0.318. The summed E-state index contributed by atoms with van der Waals surface area (Å²) in [6.07, 6.45) is 5.27. The summed E-state index contributed by atoms with van der Waals surface area (Å²) < 4.78 is 26.0. The van der Waals surface area contributed by atoms with Crippen LogP contribution >= 0.6 is 22.7 Å². The van der Waals surface area contributed by atoms with E-state index < -0.39 is 10.0 Å². The van der Waals surface area contributed by atoms with Gasteiger partial charge in [-0.25, -0.2) is 18.4 Å². The molecule has 0 unspecified atom stereocenters. The van der Waals surface area contributed by atoms with Gasteiger partial charge in [-0.1, -0.05) is 12.1 Å². The molecule has 0 fully saturated rings. The summed E-state index contributed by atoms with van der Waals surface area (Å²) >= 11 is 3.29. The van der Waals surface area contributed by atoms with E-state index in [2.05, 4.69) is 24.1 Å². The average molecular weight is 488 g/mol. The Morgan fingerprint density at radius 2 is 2.00 bits per heavy atom. The van der Waals surface area contributed by atoms with E-state index in [9.17, 15) is 8.42 Å². The zero-order valence-corrected chi connectivity index (χ0v) is 20.6. The first-order chi connectivity index (χ1) is 15.3. The largest absolute Gasteiger partial charge is 0.369 e. The molecule has 0 aromatic carbocycles. The fourth-order valence-electron chi connectivity index (χ4n) is 3.41. The van der Waals surface area contributed by atoms with Gasteiger partial charge in [-0.3, -0.25) is 4.98 Å². The standard InChI is InChI=1S/C22H25N5O2S3/c1-15-16(2)31-22-19(15)21(25-20(26-22)18-8-5-12-30-18)24-10-6-11-27(32(3,28)29)14-17-7-4-9-23-13-17/h4-5,7-9,12-13H,6,10-11,14H2,1-3H3,(H,24,25,26). The number of aryl methyl sites for hydroxylation is 2. The van der Waals surface area contributed by atoms with Crippen molar-refractivity contribution in [3.8, 4) is 10.7 Å². The molecule has 7 nitrogen and oxygen atoms in total. The lowest BCUT2D eigenvalue weighted by atomic mass is 10.2. The van der Waals surface area contributed by atoms with Crippen molar-refractivity contribution in [1.29, 1.82) is 0 Å². The number of hydrogen-bond donors (Lipinski definition) is 1. The van der Waals surface area contributed by atoms with Crippen molar-refractivity contribution in [2.75, 3.05) is 24.7 Å². The van der Waals surface area contributed by atoms with E-state index in [0.717, 1.165) is 26.5 Å². The Labute approximate surface area is 196 Å². The number of anilines is 1. The van der Waals surface area contributed by atoms with Gasteiger partial charge < -0.3 is 5.32 Å². The first kappa shape index (κ1) is 22.8. The van der Waals surface area contributed by atoms with E-state index in [1.807, 2.05) is 29.6 Å². The molecule has 0 radical (unpaired) electrons. The van der Waals surface area contributed by atoms with Crippen LogP contribution in [0.3, 0.4) is 0 Å². The first-order valence-corrected chi connectivity index (χ1v) is 13.8. The van der Waals surface area contributed by atoms with Gasteiger partial charge >= 0.3 is 0 Å². The molecular formula is C22H25N5O2S3. The highest BCUT2D eigenvalue weighted by atomic mass is 32.2. The summed E-state index contributed by atoms with van der Waals surface area (Å²) in [5.74, 6) is 1.52. The van der Waals surface area contributed by atoms with Gasteiger partial charge in [-0.05, 0) is 48.9 Å². The molecule has 10 heteroatoms. The van der Waals surface area contributed by atoms with Crippen LogP contribution in [-0.2, 0) is 16.6 Å². The van der Waals surface area contributed by atoms with Crippen LogP contribution in [0.5, 0.6) is 0 Å². The Bertz CT molecular complexity index is 1300. The van der Waals surface area contributed by atoms with E-state index >= 15 is 0 Å². The number of nitrogens with zero attached hydrogens (tertiary/aromatic N) is 4. The Balaban J connectivity index is 1.50. The highest BCUT2D eigenvalue weighted by molar-refractivity contribution is 7.88. The fourth-order valence-corrected chi connectivity index (χ4v) is 5.94. The Hall–Kier alpha value is -2.40. The second kappa shape index (κ2) is 9.62. The molecule has 32 heavy (non-hydrogen) atoms. The average Bonchev–Trinajstić information content (AvgIpc) is 3.39. The van der Waals surface area contributed by atoms with Crippen LogP contribution in [0.4, 0.5) is 5.82 Å². The van der Waals surface area contributed by atoms with Crippen molar-refractivity contribution >= 4 is 48.7 Å². The zero-order valence-electron chi connectivity index (χ0n) is 18.2. The van der Waals surface area contributed by atoms with Crippen molar-refractivity contribution in [2.24, 2.45) is 0 Å². The second-order valence-corrected chi connectivity index (χ2v) is 11.7. The highest BCUT2D eigenvalue weighted by Gasteiger charge is 2.18. The van der Waals surface area contributed by atoms with Gasteiger partial charge in [0.1, 0.15) is 10.6 Å². The summed E-state index contributed by atoms with van der Waals surface area (Å²) in [5.41, 5.74) is 2.05. The summed E-state index contributed by atoms with van der Waals surface area (Å²) in [5, 5.41) is 6.50. The summed E-state index contributed by atoms with van der Waals surface area (Å²) in [4.78, 5) is 16.9. The molecule has 4 aromatic rings. The lowest BCUT2D eigenvalue weighted by Gasteiger charge is -2.20. The number of sulfonamides is 1. The predicted molar refractivity (Wildman–Crippen MR) is 133 cm³/mol. The summed E-state index contributed by atoms with van der Waals surface area (Å²) in [7, 11) is -3.33. The maximum atomic E-state index is 12.3. The topological polar surface area (TPSA) is 88.1 Å². The van der Waals surface area contributed by atoms with Gasteiger partial charge in [0, 0.05) is 36.9 Å². The van der Waals surface area contributed by atoms with Gasteiger partial charge in [-0.15, -0.1) is 22.7 Å². The smallest absolute Gasteiger partial charge is 0.211 e. The van der Waals surface area contributed by atoms with Crippen molar-refractivity contribution in [1.82, 2.24) is 19.3 Å². The normalized spacial score (nSPS) is 12.0. The van der Waals surface area contributed by atoms with Crippen LogP contribution in [0.1, 0.15) is 22.4 Å². The van der Waals surface area contributed by atoms with E-state index in [4.69, 9.17) is 9.97 Å². The minimum absolute atomic E-state index is 0.315. The van der Waals surface area contributed by atoms with Gasteiger partial charge in [-0.2, -0.15) is 4.31 Å². The van der Waals surface area contributed by atoms with Crippen molar-refractivity contribution in [3.05, 3.63) is 58.0 Å². The molecule has 0 bridgehead atoms. The molecule has 0 saturated heterocycles. The van der Waals surface area contributed by atoms with Gasteiger partial charge in [0.2, 0.25) is 10.0 Å². The molecule has 0 aliphatic heterocycles. The molecule has 0 aliphatic carbocycles. The molecule has 0 amide bonds. The number of nitrogens with one attached hydrogen (secondary N) is 1. The van der Waals surface area contributed by atoms with Crippen molar-refractivity contribution < 1.29 is 8.42 Å². The maximum Gasteiger partial charge on any atom is 0.211 e. The zero-order chi connectivity index (χ0) is 22.7. The Kier molecular flexibility index (Phi) is 6.85. The minimum Gasteiger partial charge on any atom is -0.369 e. The third-order valence-corrected chi connectivity index (χ3v) is 8.41. The molecule has 4 aromatic heterocycles. The number of hydrogen-bond acceptors (Lipinski definition) is 8. The first-order valence-electron chi connectivity index (χ1n) is 10.2. The SMILES string of the molecule is Cc1sc2nc(-c3cccs3)nc(NCCCN(Cc3cccnc3)S(C)(=O)=O)c2c1C. The monoisotopic (exact) mass is 487 g/mol. The van der Waals surface area contributed by atoms with E-state index in [1.165, 1.54) is 21.0 Å².